The topological polar surface area (TPSA) is 61.5 Å². The molecule has 0 radical (unpaired) electrons. The number of carbonyl (C=O) groups is 1. The largest absolute Gasteiger partial charge is 0.489 e. The number of carbonyl (C=O) groups excluding carboxylic acids is 1. The lowest BCUT2D eigenvalue weighted by Crippen LogP contribution is -2.12. The van der Waals surface area contributed by atoms with E-state index in [1.807, 2.05) is 61.5 Å². The minimum absolute atomic E-state index is 0.0253. The number of hydrogen-bond acceptors (Lipinski definition) is 4. The van der Waals surface area contributed by atoms with E-state index in [2.05, 4.69) is 13.8 Å². The Kier molecular flexibility index (Phi) is 10.4. The monoisotopic (exact) mass is 421 g/mol. The van der Waals surface area contributed by atoms with Gasteiger partial charge in [-0.15, -0.1) is 0 Å². The van der Waals surface area contributed by atoms with Gasteiger partial charge in [0.2, 0.25) is 0 Å². The van der Waals surface area contributed by atoms with Crippen molar-refractivity contribution in [2.75, 3.05) is 12.3 Å². The molecule has 0 fully saturated rings. The van der Waals surface area contributed by atoms with Crippen LogP contribution in [0.5, 0.6) is 0 Å². The molecule has 31 heavy (non-hydrogen) atoms. The number of ether oxygens (including phenoxy) is 2. The lowest BCUT2D eigenvalue weighted by molar-refractivity contribution is -0.134. The molecule has 0 amide bonds. The fraction of sp³-hybridized carbons (Fsp3) is 0.370. The van der Waals surface area contributed by atoms with Crippen molar-refractivity contribution in [3.8, 4) is 0 Å². The van der Waals surface area contributed by atoms with Crippen LogP contribution in [0, 0.1) is 5.92 Å². The van der Waals surface area contributed by atoms with Crippen LogP contribution in [0.1, 0.15) is 64.0 Å². The third kappa shape index (κ3) is 8.33. The van der Waals surface area contributed by atoms with Gasteiger partial charge in [-0.25, -0.2) is 4.79 Å². The summed E-state index contributed by atoms with van der Waals surface area (Å²) in [4.78, 5) is 12.6. The van der Waals surface area contributed by atoms with Crippen molar-refractivity contribution in [1.82, 2.24) is 0 Å². The summed E-state index contributed by atoms with van der Waals surface area (Å²) in [5.74, 6) is 0.789. The molecule has 2 aromatic carbocycles. The molecule has 0 saturated carbocycles. The first-order valence-electron chi connectivity index (χ1n) is 11.2. The first kappa shape index (κ1) is 24.3. The van der Waals surface area contributed by atoms with Crippen LogP contribution in [0.4, 0.5) is 5.69 Å². The Bertz CT molecular complexity index is 854. The highest BCUT2D eigenvalue weighted by Crippen LogP contribution is 2.29. The molecule has 2 aromatic rings. The first-order chi connectivity index (χ1) is 15.0. The minimum Gasteiger partial charge on any atom is -0.489 e. The molecule has 0 aliphatic rings. The molecule has 1 unspecified atom stereocenters. The van der Waals surface area contributed by atoms with Gasteiger partial charge in [-0.1, -0.05) is 70.4 Å². The minimum atomic E-state index is -0.415. The van der Waals surface area contributed by atoms with E-state index in [0.717, 1.165) is 30.4 Å². The smallest absolute Gasteiger partial charge is 0.335 e. The van der Waals surface area contributed by atoms with Gasteiger partial charge in [-0.3, -0.25) is 0 Å². The second-order valence-corrected chi connectivity index (χ2v) is 7.70. The maximum Gasteiger partial charge on any atom is 0.335 e. The molecule has 2 rings (SSSR count). The van der Waals surface area contributed by atoms with Crippen molar-refractivity contribution in [1.29, 1.82) is 0 Å². The number of hydrogen-bond donors (Lipinski definition) is 1. The summed E-state index contributed by atoms with van der Waals surface area (Å²) < 4.78 is 12.0. The molecule has 0 aliphatic carbocycles. The van der Waals surface area contributed by atoms with Gasteiger partial charge < -0.3 is 15.2 Å². The van der Waals surface area contributed by atoms with Crippen molar-refractivity contribution < 1.29 is 14.3 Å². The number of nitrogen functional groups attached to an aromatic ring is 1. The normalized spacial score (nSPS) is 13.0. The van der Waals surface area contributed by atoms with Gasteiger partial charge in [0.1, 0.15) is 0 Å². The van der Waals surface area contributed by atoms with Crippen molar-refractivity contribution in [3.05, 3.63) is 77.6 Å². The van der Waals surface area contributed by atoms with Crippen LogP contribution >= 0.6 is 0 Å². The van der Waals surface area contributed by atoms with Crippen molar-refractivity contribution in [3.63, 3.8) is 0 Å². The molecule has 4 heteroatoms. The van der Waals surface area contributed by atoms with Crippen molar-refractivity contribution in [2.24, 2.45) is 5.92 Å². The molecule has 2 N–H and O–H groups in total. The predicted molar refractivity (Wildman–Crippen MR) is 129 cm³/mol. The molecule has 4 nitrogen and oxygen atoms in total. The highest BCUT2D eigenvalue weighted by Gasteiger charge is 2.21. The van der Waals surface area contributed by atoms with Crippen molar-refractivity contribution >= 4 is 23.5 Å². The van der Waals surface area contributed by atoms with E-state index in [1.165, 1.54) is 18.9 Å². The van der Waals surface area contributed by atoms with Crippen LogP contribution in [0.15, 0.2) is 66.4 Å². The third-order valence-corrected chi connectivity index (χ3v) is 5.12. The van der Waals surface area contributed by atoms with E-state index in [-0.39, 0.29) is 5.92 Å². The van der Waals surface area contributed by atoms with Crippen LogP contribution in [0.3, 0.4) is 0 Å². The third-order valence-electron chi connectivity index (χ3n) is 5.12. The standard InChI is InChI=1S/C27H35NO3/c1-4-6-7-11-20-30-27(23-15-17-24(28)18-16-23)26(21(3)5-2)31-25(29)19-14-22-12-9-8-10-13-22/h8-10,12-19,21H,4-7,11,20,28H2,1-3H3. The van der Waals surface area contributed by atoms with Gasteiger partial charge in [-0.05, 0) is 48.7 Å². The molecule has 0 aromatic heterocycles. The van der Waals surface area contributed by atoms with Gasteiger partial charge >= 0.3 is 5.97 Å². The second kappa shape index (κ2) is 13.3. The molecular weight excluding hydrogens is 386 g/mol. The summed E-state index contributed by atoms with van der Waals surface area (Å²) in [6.45, 7) is 6.88. The highest BCUT2D eigenvalue weighted by molar-refractivity contribution is 5.88. The predicted octanol–water partition coefficient (Wildman–Crippen LogP) is 6.84. The Morgan fingerprint density at radius 3 is 2.35 bits per heavy atom. The Balaban J connectivity index is 2.29. The fourth-order valence-electron chi connectivity index (χ4n) is 3.06. The van der Waals surface area contributed by atoms with Gasteiger partial charge in [0.05, 0.1) is 6.61 Å². The van der Waals surface area contributed by atoms with Gasteiger partial charge in [0, 0.05) is 23.2 Å². The molecule has 0 bridgehead atoms. The van der Waals surface area contributed by atoms with Crippen LogP contribution in [-0.4, -0.2) is 12.6 Å². The number of unbranched alkanes of at least 4 members (excludes halogenated alkanes) is 3. The van der Waals surface area contributed by atoms with Crippen LogP contribution in [0.25, 0.3) is 11.8 Å². The summed E-state index contributed by atoms with van der Waals surface area (Å²) in [5, 5.41) is 0. The summed E-state index contributed by atoms with van der Waals surface area (Å²) in [6, 6.07) is 17.2. The van der Waals surface area contributed by atoms with Gasteiger partial charge in [0.15, 0.2) is 11.5 Å². The lowest BCUT2D eigenvalue weighted by Gasteiger charge is -2.20. The van der Waals surface area contributed by atoms with E-state index in [9.17, 15) is 4.79 Å². The molecular formula is C27H35NO3. The van der Waals surface area contributed by atoms with E-state index in [4.69, 9.17) is 15.2 Å². The number of esters is 1. The van der Waals surface area contributed by atoms with Crippen LogP contribution in [0.2, 0.25) is 0 Å². The first-order valence-corrected chi connectivity index (χ1v) is 11.2. The van der Waals surface area contributed by atoms with E-state index >= 15 is 0 Å². The SMILES string of the molecule is CCCCCCOC(=C(OC(=O)C=Cc1ccccc1)C(C)CC)c1ccc(N)cc1. The Morgan fingerprint density at radius 1 is 1.00 bits per heavy atom. The average Bonchev–Trinajstić information content (AvgIpc) is 2.80. The van der Waals surface area contributed by atoms with Crippen LogP contribution < -0.4 is 5.73 Å². The summed E-state index contributed by atoms with van der Waals surface area (Å²) in [6.07, 6.45) is 8.46. The van der Waals surface area contributed by atoms with E-state index in [1.54, 1.807) is 6.08 Å². The molecule has 1 atom stereocenters. The number of nitrogens with two attached hydrogens (primary N) is 1. The molecule has 166 valence electrons. The molecule has 0 spiro atoms. The lowest BCUT2D eigenvalue weighted by atomic mass is 10.0. The highest BCUT2D eigenvalue weighted by atomic mass is 16.6. The van der Waals surface area contributed by atoms with Gasteiger partial charge in [-0.2, -0.15) is 0 Å². The fourth-order valence-corrected chi connectivity index (χ4v) is 3.06. The number of rotatable bonds is 12. The summed E-state index contributed by atoms with van der Waals surface area (Å²) in [5.41, 5.74) is 8.35. The summed E-state index contributed by atoms with van der Waals surface area (Å²) >= 11 is 0. The quantitative estimate of drug-likeness (QED) is 0.134. The van der Waals surface area contributed by atoms with E-state index in [0.29, 0.717) is 23.8 Å². The molecule has 0 saturated heterocycles. The van der Waals surface area contributed by atoms with Gasteiger partial charge in [0.25, 0.3) is 0 Å². The molecule has 0 aliphatic heterocycles. The zero-order valence-electron chi connectivity index (χ0n) is 19.0. The zero-order chi connectivity index (χ0) is 22.5. The average molecular weight is 422 g/mol. The van der Waals surface area contributed by atoms with Crippen molar-refractivity contribution in [2.45, 2.75) is 52.9 Å². The Labute approximate surface area is 186 Å². The second-order valence-electron chi connectivity index (χ2n) is 7.70. The number of anilines is 1. The number of benzene rings is 2. The maximum absolute atomic E-state index is 12.6. The van der Waals surface area contributed by atoms with Crippen LogP contribution in [-0.2, 0) is 14.3 Å². The Morgan fingerprint density at radius 2 is 1.71 bits per heavy atom. The van der Waals surface area contributed by atoms with E-state index < -0.39 is 5.97 Å². The molecule has 0 heterocycles. The zero-order valence-corrected chi connectivity index (χ0v) is 19.0. The maximum atomic E-state index is 12.6. The number of allylic oxidation sites excluding steroid dienone is 1. The summed E-state index contributed by atoms with van der Waals surface area (Å²) in [7, 11) is 0. The Hall–Kier alpha value is -3.01.